The highest BCUT2D eigenvalue weighted by atomic mass is 79.9. The Bertz CT molecular complexity index is 614. The molecule has 0 aromatic heterocycles. The first-order valence-electron chi connectivity index (χ1n) is 6.09. The standard InChI is InChI=1S/C15H13BrFNO2/c1-2-20-12-6-3-10(4-7-12)15(19)18-14-8-5-11(16)9-13(14)17/h3-9H,2H2,1H3,(H,18,19). The molecule has 0 unspecified atom stereocenters. The Hall–Kier alpha value is -1.88. The summed E-state index contributed by atoms with van der Waals surface area (Å²) < 4.78 is 19.5. The first-order valence-corrected chi connectivity index (χ1v) is 6.88. The van der Waals surface area contributed by atoms with Gasteiger partial charge in [-0.25, -0.2) is 4.39 Å². The first-order chi connectivity index (χ1) is 9.60. The van der Waals surface area contributed by atoms with Gasteiger partial charge in [0, 0.05) is 10.0 Å². The molecule has 0 aliphatic rings. The van der Waals surface area contributed by atoms with E-state index in [0.29, 0.717) is 22.4 Å². The average molecular weight is 338 g/mol. The molecule has 0 heterocycles. The van der Waals surface area contributed by atoms with Crippen LogP contribution in [0.3, 0.4) is 0 Å². The number of hydrogen-bond acceptors (Lipinski definition) is 2. The molecule has 1 N–H and O–H groups in total. The minimum absolute atomic E-state index is 0.145. The quantitative estimate of drug-likeness (QED) is 0.906. The van der Waals surface area contributed by atoms with E-state index in [2.05, 4.69) is 21.2 Å². The maximum absolute atomic E-state index is 13.6. The van der Waals surface area contributed by atoms with Crippen LogP contribution < -0.4 is 10.1 Å². The smallest absolute Gasteiger partial charge is 0.255 e. The number of benzene rings is 2. The largest absolute Gasteiger partial charge is 0.494 e. The van der Waals surface area contributed by atoms with Crippen LogP contribution in [0.4, 0.5) is 10.1 Å². The van der Waals surface area contributed by atoms with Gasteiger partial charge in [-0.05, 0) is 49.4 Å². The molecule has 0 atom stereocenters. The first kappa shape index (κ1) is 14.5. The van der Waals surface area contributed by atoms with Crippen molar-refractivity contribution in [1.29, 1.82) is 0 Å². The van der Waals surface area contributed by atoms with Gasteiger partial charge in [-0.2, -0.15) is 0 Å². The summed E-state index contributed by atoms with van der Waals surface area (Å²) >= 11 is 3.16. The predicted octanol–water partition coefficient (Wildman–Crippen LogP) is 4.24. The van der Waals surface area contributed by atoms with E-state index in [9.17, 15) is 9.18 Å². The number of ether oxygens (including phenoxy) is 1. The summed E-state index contributed by atoms with van der Waals surface area (Å²) in [6.07, 6.45) is 0. The Morgan fingerprint density at radius 3 is 2.55 bits per heavy atom. The van der Waals surface area contributed by atoms with Crippen molar-refractivity contribution in [3.05, 3.63) is 58.3 Å². The summed E-state index contributed by atoms with van der Waals surface area (Å²) in [5.41, 5.74) is 0.586. The van der Waals surface area contributed by atoms with Gasteiger partial charge in [-0.3, -0.25) is 4.79 Å². The third-order valence-corrected chi connectivity index (χ3v) is 3.10. The predicted molar refractivity (Wildman–Crippen MR) is 79.7 cm³/mol. The normalized spacial score (nSPS) is 10.2. The second-order valence-corrected chi connectivity index (χ2v) is 4.95. The van der Waals surface area contributed by atoms with Crippen molar-refractivity contribution in [1.82, 2.24) is 0 Å². The van der Waals surface area contributed by atoms with Gasteiger partial charge in [-0.1, -0.05) is 15.9 Å². The molecule has 0 bridgehead atoms. The van der Waals surface area contributed by atoms with Crippen molar-refractivity contribution in [3.8, 4) is 5.75 Å². The Balaban J connectivity index is 2.11. The maximum Gasteiger partial charge on any atom is 0.255 e. The third kappa shape index (κ3) is 3.57. The highest BCUT2D eigenvalue weighted by molar-refractivity contribution is 9.10. The number of nitrogens with one attached hydrogen (secondary N) is 1. The molecular formula is C15H13BrFNO2. The minimum Gasteiger partial charge on any atom is -0.494 e. The van der Waals surface area contributed by atoms with Crippen molar-refractivity contribution in [2.45, 2.75) is 6.92 Å². The second-order valence-electron chi connectivity index (χ2n) is 4.04. The molecule has 2 aromatic carbocycles. The van der Waals surface area contributed by atoms with Gasteiger partial charge < -0.3 is 10.1 Å². The van der Waals surface area contributed by atoms with Crippen molar-refractivity contribution >= 4 is 27.5 Å². The van der Waals surface area contributed by atoms with E-state index in [1.807, 2.05) is 6.92 Å². The molecule has 2 rings (SSSR count). The summed E-state index contributed by atoms with van der Waals surface area (Å²) in [6, 6.07) is 11.2. The Morgan fingerprint density at radius 1 is 1.25 bits per heavy atom. The average Bonchev–Trinajstić information content (AvgIpc) is 2.43. The zero-order valence-electron chi connectivity index (χ0n) is 10.8. The van der Waals surface area contributed by atoms with E-state index in [1.165, 1.54) is 12.1 Å². The monoisotopic (exact) mass is 337 g/mol. The molecule has 5 heteroatoms. The zero-order chi connectivity index (χ0) is 14.5. The second kappa shape index (κ2) is 6.52. The summed E-state index contributed by atoms with van der Waals surface area (Å²) in [6.45, 7) is 2.45. The number of amides is 1. The van der Waals surface area contributed by atoms with Gasteiger partial charge in [0.25, 0.3) is 5.91 Å². The number of halogens is 2. The van der Waals surface area contributed by atoms with Gasteiger partial charge in [0.15, 0.2) is 0 Å². The van der Waals surface area contributed by atoms with Crippen molar-refractivity contribution < 1.29 is 13.9 Å². The van der Waals surface area contributed by atoms with Gasteiger partial charge in [0.2, 0.25) is 0 Å². The van der Waals surface area contributed by atoms with Crippen LogP contribution in [-0.4, -0.2) is 12.5 Å². The third-order valence-electron chi connectivity index (χ3n) is 2.61. The lowest BCUT2D eigenvalue weighted by molar-refractivity contribution is 0.102. The van der Waals surface area contributed by atoms with E-state index < -0.39 is 5.82 Å². The van der Waals surface area contributed by atoms with Crippen LogP contribution in [0.1, 0.15) is 17.3 Å². The molecule has 0 saturated heterocycles. The lowest BCUT2D eigenvalue weighted by atomic mass is 10.2. The van der Waals surface area contributed by atoms with Gasteiger partial charge in [-0.15, -0.1) is 0 Å². The van der Waals surface area contributed by atoms with Crippen LogP contribution in [0.25, 0.3) is 0 Å². The van der Waals surface area contributed by atoms with Crippen LogP contribution >= 0.6 is 15.9 Å². The summed E-state index contributed by atoms with van der Waals surface area (Å²) in [7, 11) is 0. The molecule has 0 aliphatic carbocycles. The lowest BCUT2D eigenvalue weighted by Gasteiger charge is -2.08. The maximum atomic E-state index is 13.6. The van der Waals surface area contributed by atoms with Crippen LogP contribution in [0.2, 0.25) is 0 Å². The van der Waals surface area contributed by atoms with Crippen LogP contribution in [-0.2, 0) is 0 Å². The SMILES string of the molecule is CCOc1ccc(C(=O)Nc2ccc(Br)cc2F)cc1. The minimum atomic E-state index is -0.487. The molecule has 20 heavy (non-hydrogen) atoms. The Morgan fingerprint density at radius 2 is 1.95 bits per heavy atom. The molecule has 3 nitrogen and oxygen atoms in total. The lowest BCUT2D eigenvalue weighted by Crippen LogP contribution is -2.12. The molecule has 0 fully saturated rings. The fraction of sp³-hybridized carbons (Fsp3) is 0.133. The van der Waals surface area contributed by atoms with Crippen molar-refractivity contribution in [2.24, 2.45) is 0 Å². The van der Waals surface area contributed by atoms with Gasteiger partial charge in [0.1, 0.15) is 11.6 Å². The molecule has 0 aliphatic heterocycles. The van der Waals surface area contributed by atoms with E-state index in [4.69, 9.17) is 4.74 Å². The number of rotatable bonds is 4. The molecule has 0 radical (unpaired) electrons. The van der Waals surface area contributed by atoms with E-state index >= 15 is 0 Å². The van der Waals surface area contributed by atoms with Crippen LogP contribution in [0.15, 0.2) is 46.9 Å². The van der Waals surface area contributed by atoms with E-state index in [1.54, 1.807) is 30.3 Å². The van der Waals surface area contributed by atoms with Crippen LogP contribution in [0.5, 0.6) is 5.75 Å². The Kier molecular flexibility index (Phi) is 4.74. The summed E-state index contributed by atoms with van der Waals surface area (Å²) in [5.74, 6) is -0.160. The zero-order valence-corrected chi connectivity index (χ0v) is 12.4. The number of anilines is 1. The number of hydrogen-bond donors (Lipinski definition) is 1. The number of carbonyl (C=O) groups excluding carboxylic acids is 1. The summed E-state index contributed by atoms with van der Waals surface area (Å²) in [4.78, 5) is 12.0. The van der Waals surface area contributed by atoms with Crippen molar-refractivity contribution in [3.63, 3.8) is 0 Å². The van der Waals surface area contributed by atoms with E-state index in [-0.39, 0.29) is 11.6 Å². The van der Waals surface area contributed by atoms with Crippen LogP contribution in [0, 0.1) is 5.82 Å². The van der Waals surface area contributed by atoms with Gasteiger partial charge >= 0.3 is 0 Å². The molecule has 1 amide bonds. The molecular weight excluding hydrogens is 325 g/mol. The van der Waals surface area contributed by atoms with Crippen molar-refractivity contribution in [2.75, 3.05) is 11.9 Å². The number of carbonyl (C=O) groups is 1. The summed E-state index contributed by atoms with van der Waals surface area (Å²) in [5, 5.41) is 2.53. The molecule has 2 aromatic rings. The fourth-order valence-electron chi connectivity index (χ4n) is 1.65. The molecule has 0 spiro atoms. The van der Waals surface area contributed by atoms with E-state index in [0.717, 1.165) is 0 Å². The highest BCUT2D eigenvalue weighted by Gasteiger charge is 2.09. The fourth-order valence-corrected chi connectivity index (χ4v) is 1.99. The van der Waals surface area contributed by atoms with Gasteiger partial charge in [0.05, 0.1) is 12.3 Å². The topological polar surface area (TPSA) is 38.3 Å². The molecule has 0 saturated carbocycles. The molecule has 104 valence electrons. The highest BCUT2D eigenvalue weighted by Crippen LogP contribution is 2.20. The Labute approximate surface area is 124 Å².